The molecule has 1 N–H and O–H groups in total. The molecular formula is C21H18ClN3O2. The second kappa shape index (κ2) is 7.29. The smallest absolute Gasteiger partial charge is 0.256 e. The van der Waals surface area contributed by atoms with Crippen LogP contribution in [0.3, 0.4) is 0 Å². The second-order valence-electron chi connectivity index (χ2n) is 6.45. The van der Waals surface area contributed by atoms with E-state index in [0.717, 1.165) is 16.9 Å². The molecule has 1 aliphatic rings. The summed E-state index contributed by atoms with van der Waals surface area (Å²) in [4.78, 5) is 27.0. The quantitative estimate of drug-likeness (QED) is 0.755. The number of hydrogen-bond acceptors (Lipinski definition) is 2. The molecule has 0 fully saturated rings. The fourth-order valence-electron chi connectivity index (χ4n) is 3.26. The van der Waals surface area contributed by atoms with Crippen LogP contribution in [-0.2, 0) is 17.9 Å². The first-order valence-electron chi connectivity index (χ1n) is 8.68. The molecule has 3 aromatic rings. The van der Waals surface area contributed by atoms with Crippen LogP contribution in [0.2, 0.25) is 5.02 Å². The number of amides is 2. The molecule has 0 bridgehead atoms. The lowest BCUT2D eigenvalue weighted by Gasteiger charge is -2.20. The van der Waals surface area contributed by atoms with Crippen LogP contribution in [0.1, 0.15) is 21.6 Å². The van der Waals surface area contributed by atoms with E-state index in [9.17, 15) is 9.59 Å². The number of carbonyl (C=O) groups excluding carboxylic acids is 2. The van der Waals surface area contributed by atoms with Crippen molar-refractivity contribution in [3.8, 4) is 5.69 Å². The Bertz CT molecular complexity index is 998. The van der Waals surface area contributed by atoms with Crippen LogP contribution in [0.4, 0.5) is 0 Å². The lowest BCUT2D eigenvalue weighted by atomic mass is 10.1. The minimum Gasteiger partial charge on any atom is -0.350 e. The topological polar surface area (TPSA) is 54.3 Å². The number of rotatable bonds is 4. The number of fused-ring (bicyclic) bond motifs is 3. The van der Waals surface area contributed by atoms with Crippen LogP contribution >= 0.6 is 11.6 Å². The molecule has 6 heteroatoms. The summed E-state index contributed by atoms with van der Waals surface area (Å²) in [6.07, 6.45) is 1.91. The summed E-state index contributed by atoms with van der Waals surface area (Å²) in [5.74, 6) is -0.401. The summed E-state index contributed by atoms with van der Waals surface area (Å²) >= 11 is 6.11. The van der Waals surface area contributed by atoms with Crippen molar-refractivity contribution in [1.29, 1.82) is 0 Å². The van der Waals surface area contributed by atoms with Crippen molar-refractivity contribution in [3.63, 3.8) is 0 Å². The summed E-state index contributed by atoms with van der Waals surface area (Å²) in [5.41, 5.74) is 3.23. The zero-order valence-corrected chi connectivity index (χ0v) is 15.3. The fourth-order valence-corrected chi connectivity index (χ4v) is 3.43. The molecular weight excluding hydrogens is 362 g/mol. The number of benzene rings is 2. The fraction of sp³-hybridized carbons (Fsp3) is 0.143. The summed E-state index contributed by atoms with van der Waals surface area (Å²) in [5, 5.41) is 3.37. The van der Waals surface area contributed by atoms with Crippen LogP contribution in [0.25, 0.3) is 5.69 Å². The Morgan fingerprint density at radius 3 is 2.70 bits per heavy atom. The van der Waals surface area contributed by atoms with Crippen molar-refractivity contribution in [2.75, 3.05) is 6.54 Å². The van der Waals surface area contributed by atoms with E-state index in [-0.39, 0.29) is 18.4 Å². The molecule has 1 aliphatic heterocycles. The van der Waals surface area contributed by atoms with Crippen LogP contribution in [0, 0.1) is 0 Å². The second-order valence-corrected chi connectivity index (χ2v) is 6.89. The standard InChI is InChI=1S/C21H18ClN3O2/c22-16-8-9-19-18(11-16)21(27)24(13-17-7-4-10-25(17)19)14-20(26)23-12-15-5-2-1-3-6-15/h1-11H,12-14H2,(H,23,26). The zero-order valence-electron chi connectivity index (χ0n) is 14.6. The maximum absolute atomic E-state index is 13.0. The van der Waals surface area contributed by atoms with Crippen molar-refractivity contribution < 1.29 is 9.59 Å². The van der Waals surface area contributed by atoms with E-state index in [1.54, 1.807) is 17.0 Å². The highest BCUT2D eigenvalue weighted by Crippen LogP contribution is 2.27. The third-order valence-corrected chi connectivity index (χ3v) is 4.82. The summed E-state index contributed by atoms with van der Waals surface area (Å²) < 4.78 is 1.96. The molecule has 0 radical (unpaired) electrons. The molecule has 0 spiro atoms. The van der Waals surface area contributed by atoms with Gasteiger partial charge in [-0.15, -0.1) is 0 Å². The predicted molar refractivity (Wildman–Crippen MR) is 104 cm³/mol. The average molecular weight is 380 g/mol. The van der Waals surface area contributed by atoms with E-state index in [4.69, 9.17) is 11.6 Å². The predicted octanol–water partition coefficient (Wildman–Crippen LogP) is 3.40. The van der Waals surface area contributed by atoms with Gasteiger partial charge in [0.05, 0.1) is 17.8 Å². The minimum atomic E-state index is -0.203. The molecule has 2 amide bonds. The van der Waals surface area contributed by atoms with Crippen LogP contribution in [-0.4, -0.2) is 27.8 Å². The van der Waals surface area contributed by atoms with E-state index in [1.807, 2.05) is 59.3 Å². The summed E-state index contributed by atoms with van der Waals surface area (Å²) in [6, 6.07) is 18.8. The average Bonchev–Trinajstić information content (AvgIpc) is 3.10. The number of carbonyl (C=O) groups is 2. The van der Waals surface area contributed by atoms with Gasteiger partial charge in [-0.2, -0.15) is 0 Å². The van der Waals surface area contributed by atoms with Gasteiger partial charge in [0.1, 0.15) is 6.54 Å². The van der Waals surface area contributed by atoms with E-state index >= 15 is 0 Å². The van der Waals surface area contributed by atoms with E-state index in [0.29, 0.717) is 23.7 Å². The molecule has 27 heavy (non-hydrogen) atoms. The first kappa shape index (κ1) is 17.4. The lowest BCUT2D eigenvalue weighted by molar-refractivity contribution is -0.122. The van der Waals surface area contributed by atoms with Crippen molar-refractivity contribution >= 4 is 23.4 Å². The first-order valence-corrected chi connectivity index (χ1v) is 9.05. The minimum absolute atomic E-state index is 0.0111. The number of nitrogens with one attached hydrogen (secondary N) is 1. The van der Waals surface area contributed by atoms with Gasteiger partial charge in [0.25, 0.3) is 5.91 Å². The SMILES string of the molecule is O=C(CN1Cc2cccn2-c2ccc(Cl)cc2C1=O)NCc1ccccc1. The van der Waals surface area contributed by atoms with Crippen molar-refractivity contribution in [2.24, 2.45) is 0 Å². The molecule has 0 saturated carbocycles. The third kappa shape index (κ3) is 3.59. The normalized spacial score (nSPS) is 12.9. The Morgan fingerprint density at radius 1 is 1.07 bits per heavy atom. The maximum Gasteiger partial charge on any atom is 0.256 e. The molecule has 2 aromatic carbocycles. The number of nitrogens with zero attached hydrogens (tertiary/aromatic N) is 2. The Labute approximate surface area is 162 Å². The maximum atomic E-state index is 13.0. The van der Waals surface area contributed by atoms with Crippen LogP contribution in [0.5, 0.6) is 0 Å². The van der Waals surface area contributed by atoms with Gasteiger partial charge >= 0.3 is 0 Å². The number of halogens is 1. The highest BCUT2D eigenvalue weighted by molar-refractivity contribution is 6.31. The van der Waals surface area contributed by atoms with Gasteiger partial charge in [-0.3, -0.25) is 9.59 Å². The lowest BCUT2D eigenvalue weighted by Crippen LogP contribution is -2.39. The van der Waals surface area contributed by atoms with Gasteiger partial charge in [0.2, 0.25) is 5.91 Å². The first-order chi connectivity index (χ1) is 13.1. The van der Waals surface area contributed by atoms with Crippen molar-refractivity contribution in [2.45, 2.75) is 13.1 Å². The molecule has 0 aliphatic carbocycles. The van der Waals surface area contributed by atoms with E-state index in [2.05, 4.69) is 5.32 Å². The zero-order chi connectivity index (χ0) is 18.8. The molecule has 0 unspecified atom stereocenters. The van der Waals surface area contributed by atoms with E-state index in [1.165, 1.54) is 0 Å². The van der Waals surface area contributed by atoms with Crippen molar-refractivity contribution in [1.82, 2.24) is 14.8 Å². The Morgan fingerprint density at radius 2 is 1.89 bits per heavy atom. The van der Waals surface area contributed by atoms with Gasteiger partial charge in [-0.05, 0) is 35.9 Å². The molecule has 5 nitrogen and oxygen atoms in total. The number of aromatic nitrogens is 1. The Kier molecular flexibility index (Phi) is 4.69. The highest BCUT2D eigenvalue weighted by Gasteiger charge is 2.27. The van der Waals surface area contributed by atoms with Gasteiger partial charge < -0.3 is 14.8 Å². The van der Waals surface area contributed by atoms with E-state index < -0.39 is 0 Å². The van der Waals surface area contributed by atoms with Crippen LogP contribution < -0.4 is 5.32 Å². The molecule has 136 valence electrons. The highest BCUT2D eigenvalue weighted by atomic mass is 35.5. The Balaban J connectivity index is 1.55. The van der Waals surface area contributed by atoms with Gasteiger partial charge in [-0.1, -0.05) is 41.9 Å². The molecule has 0 saturated heterocycles. The number of hydrogen-bond donors (Lipinski definition) is 1. The Hall–Kier alpha value is -3.05. The van der Waals surface area contributed by atoms with Crippen LogP contribution in [0.15, 0.2) is 66.9 Å². The third-order valence-electron chi connectivity index (χ3n) is 4.59. The van der Waals surface area contributed by atoms with Gasteiger partial charge in [0.15, 0.2) is 0 Å². The molecule has 0 atom stereocenters. The van der Waals surface area contributed by atoms with Crippen molar-refractivity contribution in [3.05, 3.63) is 88.7 Å². The molecule has 4 rings (SSSR count). The summed E-state index contributed by atoms with van der Waals surface area (Å²) in [7, 11) is 0. The molecule has 1 aromatic heterocycles. The molecule has 2 heterocycles. The monoisotopic (exact) mass is 379 g/mol. The van der Waals surface area contributed by atoms with Gasteiger partial charge in [0, 0.05) is 23.5 Å². The largest absolute Gasteiger partial charge is 0.350 e. The van der Waals surface area contributed by atoms with Gasteiger partial charge in [-0.25, -0.2) is 0 Å². The summed E-state index contributed by atoms with van der Waals surface area (Å²) in [6.45, 7) is 0.778.